The SMILES string of the molecule is CN1Cc2nn(Cc3cccc(-c4cccc(C#N)c4)c3)c(-c3ccccc3F)c2C1. The van der Waals surface area contributed by atoms with Gasteiger partial charge in [-0.1, -0.05) is 42.5 Å². The summed E-state index contributed by atoms with van der Waals surface area (Å²) in [6, 6.07) is 24.9. The molecule has 4 aromatic rings. The first kappa shape index (κ1) is 19.2. The zero-order valence-corrected chi connectivity index (χ0v) is 17.2. The second-order valence-electron chi connectivity index (χ2n) is 7.98. The fraction of sp³-hybridized carbons (Fsp3) is 0.154. The van der Waals surface area contributed by atoms with Gasteiger partial charge in [0, 0.05) is 24.2 Å². The van der Waals surface area contributed by atoms with Gasteiger partial charge in [0.15, 0.2) is 0 Å². The number of nitriles is 1. The van der Waals surface area contributed by atoms with E-state index in [-0.39, 0.29) is 5.82 Å². The summed E-state index contributed by atoms with van der Waals surface area (Å²) >= 11 is 0. The first-order chi connectivity index (χ1) is 15.1. The van der Waals surface area contributed by atoms with E-state index in [2.05, 4.69) is 30.1 Å². The lowest BCUT2D eigenvalue weighted by Crippen LogP contribution is -2.13. The summed E-state index contributed by atoms with van der Waals surface area (Å²) in [5.74, 6) is -0.233. The van der Waals surface area contributed by atoms with Crippen LogP contribution in [-0.4, -0.2) is 21.7 Å². The topological polar surface area (TPSA) is 44.9 Å². The molecular formula is C26H21FN4. The normalized spacial score (nSPS) is 13.2. The molecule has 0 saturated heterocycles. The van der Waals surface area contributed by atoms with Crippen molar-refractivity contribution in [1.29, 1.82) is 5.26 Å². The lowest BCUT2D eigenvalue weighted by Gasteiger charge is -2.14. The van der Waals surface area contributed by atoms with Gasteiger partial charge in [-0.2, -0.15) is 10.4 Å². The average molecular weight is 408 g/mol. The average Bonchev–Trinajstić information content (AvgIpc) is 3.29. The van der Waals surface area contributed by atoms with Crippen molar-refractivity contribution in [3.05, 3.63) is 101 Å². The Morgan fingerprint density at radius 1 is 0.968 bits per heavy atom. The second-order valence-corrected chi connectivity index (χ2v) is 7.98. The Kier molecular flexibility index (Phi) is 4.85. The van der Waals surface area contributed by atoms with Crippen molar-refractivity contribution in [1.82, 2.24) is 14.7 Å². The minimum atomic E-state index is -0.233. The first-order valence-corrected chi connectivity index (χ1v) is 10.2. The number of nitrogens with zero attached hydrogens (tertiary/aromatic N) is 4. The monoisotopic (exact) mass is 408 g/mol. The van der Waals surface area contributed by atoms with Crippen molar-refractivity contribution in [2.24, 2.45) is 0 Å². The molecule has 5 rings (SSSR count). The van der Waals surface area contributed by atoms with E-state index in [1.54, 1.807) is 12.1 Å². The molecule has 1 aliphatic rings. The van der Waals surface area contributed by atoms with Crippen LogP contribution in [0.3, 0.4) is 0 Å². The van der Waals surface area contributed by atoms with Crippen molar-refractivity contribution in [3.63, 3.8) is 0 Å². The summed E-state index contributed by atoms with van der Waals surface area (Å²) in [5, 5.41) is 14.0. The van der Waals surface area contributed by atoms with Crippen LogP contribution in [0.4, 0.5) is 4.39 Å². The van der Waals surface area contributed by atoms with Crippen molar-refractivity contribution in [2.75, 3.05) is 7.05 Å². The molecule has 0 spiro atoms. The van der Waals surface area contributed by atoms with Crippen LogP contribution in [0.2, 0.25) is 0 Å². The smallest absolute Gasteiger partial charge is 0.132 e. The number of fused-ring (bicyclic) bond motifs is 1. The van der Waals surface area contributed by atoms with E-state index in [4.69, 9.17) is 5.10 Å². The van der Waals surface area contributed by atoms with Gasteiger partial charge in [0.2, 0.25) is 0 Å². The molecule has 152 valence electrons. The largest absolute Gasteiger partial charge is 0.296 e. The van der Waals surface area contributed by atoms with Crippen molar-refractivity contribution in [3.8, 4) is 28.5 Å². The third-order valence-electron chi connectivity index (χ3n) is 5.69. The molecule has 0 atom stereocenters. The molecule has 1 aliphatic heterocycles. The number of hydrogen-bond donors (Lipinski definition) is 0. The number of hydrogen-bond acceptors (Lipinski definition) is 3. The molecule has 1 aromatic heterocycles. The molecule has 0 bridgehead atoms. The molecule has 0 N–H and O–H groups in total. The van der Waals surface area contributed by atoms with Gasteiger partial charge in [-0.05, 0) is 54.1 Å². The van der Waals surface area contributed by atoms with Crippen LogP contribution in [0.25, 0.3) is 22.4 Å². The first-order valence-electron chi connectivity index (χ1n) is 10.2. The third kappa shape index (κ3) is 3.63. The van der Waals surface area contributed by atoms with Gasteiger partial charge in [-0.3, -0.25) is 9.58 Å². The Morgan fingerprint density at radius 3 is 2.55 bits per heavy atom. The molecular weight excluding hydrogens is 387 g/mol. The Morgan fingerprint density at radius 2 is 1.74 bits per heavy atom. The summed E-state index contributed by atoms with van der Waals surface area (Å²) in [6.45, 7) is 2.08. The molecule has 2 heterocycles. The molecule has 4 nitrogen and oxygen atoms in total. The van der Waals surface area contributed by atoms with E-state index < -0.39 is 0 Å². The zero-order chi connectivity index (χ0) is 21.4. The molecule has 0 aliphatic carbocycles. The van der Waals surface area contributed by atoms with E-state index >= 15 is 0 Å². The maximum absolute atomic E-state index is 14.7. The quantitative estimate of drug-likeness (QED) is 0.465. The molecule has 0 saturated carbocycles. The highest BCUT2D eigenvalue weighted by molar-refractivity contribution is 5.67. The summed E-state index contributed by atoms with van der Waals surface area (Å²) in [7, 11) is 2.05. The molecule has 5 heteroatoms. The molecule has 3 aromatic carbocycles. The van der Waals surface area contributed by atoms with Crippen LogP contribution in [-0.2, 0) is 19.6 Å². The highest BCUT2D eigenvalue weighted by Gasteiger charge is 2.27. The maximum atomic E-state index is 14.7. The van der Waals surface area contributed by atoms with E-state index in [0.717, 1.165) is 46.7 Å². The zero-order valence-electron chi connectivity index (χ0n) is 17.2. The van der Waals surface area contributed by atoms with Gasteiger partial charge in [0.05, 0.1) is 29.6 Å². The third-order valence-corrected chi connectivity index (χ3v) is 5.69. The van der Waals surface area contributed by atoms with E-state index in [1.165, 1.54) is 6.07 Å². The fourth-order valence-corrected chi connectivity index (χ4v) is 4.28. The summed E-state index contributed by atoms with van der Waals surface area (Å²) in [5.41, 5.74) is 7.31. The predicted octanol–water partition coefficient (Wildman–Crippen LogP) is 5.22. The molecule has 0 unspecified atom stereocenters. The van der Waals surface area contributed by atoms with Crippen molar-refractivity contribution in [2.45, 2.75) is 19.6 Å². The van der Waals surface area contributed by atoms with E-state index in [9.17, 15) is 9.65 Å². The van der Waals surface area contributed by atoms with Gasteiger partial charge in [-0.15, -0.1) is 0 Å². The predicted molar refractivity (Wildman–Crippen MR) is 118 cm³/mol. The van der Waals surface area contributed by atoms with E-state index in [1.807, 2.05) is 47.1 Å². The van der Waals surface area contributed by atoms with Crippen LogP contribution in [0.15, 0.2) is 72.8 Å². The van der Waals surface area contributed by atoms with Gasteiger partial charge < -0.3 is 0 Å². The molecule has 31 heavy (non-hydrogen) atoms. The molecule has 0 radical (unpaired) electrons. The minimum absolute atomic E-state index is 0.233. The summed E-state index contributed by atoms with van der Waals surface area (Å²) in [4.78, 5) is 2.19. The highest BCUT2D eigenvalue weighted by Crippen LogP contribution is 2.34. The number of rotatable bonds is 4. The van der Waals surface area contributed by atoms with Crippen LogP contribution < -0.4 is 0 Å². The summed E-state index contributed by atoms with van der Waals surface area (Å²) < 4.78 is 16.6. The van der Waals surface area contributed by atoms with Crippen molar-refractivity contribution < 1.29 is 4.39 Å². The van der Waals surface area contributed by atoms with Crippen LogP contribution in [0.1, 0.15) is 22.4 Å². The van der Waals surface area contributed by atoms with Crippen molar-refractivity contribution >= 4 is 0 Å². The standard InChI is InChI=1S/C26H21FN4/c1-30-16-23-25(17-30)29-31(26(23)22-10-2-3-11-24(22)27)15-19-7-5-9-21(13-19)20-8-4-6-18(12-20)14-28/h2-13H,15-17H2,1H3. The number of halogens is 1. The van der Waals surface area contributed by atoms with E-state index in [0.29, 0.717) is 17.7 Å². The van der Waals surface area contributed by atoms with Gasteiger partial charge in [0.1, 0.15) is 5.82 Å². The maximum Gasteiger partial charge on any atom is 0.132 e. The number of benzene rings is 3. The second kappa shape index (κ2) is 7.82. The van der Waals surface area contributed by atoms with Crippen LogP contribution in [0.5, 0.6) is 0 Å². The number of aromatic nitrogens is 2. The van der Waals surface area contributed by atoms with Crippen LogP contribution in [0, 0.1) is 17.1 Å². The lowest BCUT2D eigenvalue weighted by molar-refractivity contribution is 0.346. The van der Waals surface area contributed by atoms with Gasteiger partial charge in [0.25, 0.3) is 0 Å². The van der Waals surface area contributed by atoms with Gasteiger partial charge in [-0.25, -0.2) is 4.39 Å². The van der Waals surface area contributed by atoms with Crippen LogP contribution >= 0.6 is 0 Å². The fourth-order valence-electron chi connectivity index (χ4n) is 4.28. The minimum Gasteiger partial charge on any atom is -0.296 e. The summed E-state index contributed by atoms with van der Waals surface area (Å²) in [6.07, 6.45) is 0. The lowest BCUT2D eigenvalue weighted by atomic mass is 10.0. The Balaban J connectivity index is 1.55. The molecule has 0 fully saturated rings. The van der Waals surface area contributed by atoms with Gasteiger partial charge >= 0.3 is 0 Å². The highest BCUT2D eigenvalue weighted by atomic mass is 19.1. The Hall–Kier alpha value is -3.75. The molecule has 0 amide bonds. The Bertz CT molecular complexity index is 1320. The Labute approximate surface area is 180 Å².